The Kier molecular flexibility index (Phi) is 4.97. The lowest BCUT2D eigenvalue weighted by Gasteiger charge is -2.32. The van der Waals surface area contributed by atoms with Crippen molar-refractivity contribution in [1.29, 1.82) is 0 Å². The number of anilines is 2. The summed E-state index contributed by atoms with van der Waals surface area (Å²) in [6.07, 6.45) is 3.49. The third kappa shape index (κ3) is 3.94. The van der Waals surface area contributed by atoms with Gasteiger partial charge in [-0.3, -0.25) is 4.79 Å². The molecule has 120 valence electrons. The predicted octanol–water partition coefficient (Wildman–Crippen LogP) is 1.48. The number of aromatic nitrogens is 2. The maximum Gasteiger partial charge on any atom is 0.254 e. The van der Waals surface area contributed by atoms with E-state index in [1.54, 1.807) is 6.92 Å². The first-order valence-corrected chi connectivity index (χ1v) is 7.40. The molecule has 1 fully saturated rings. The number of primary amides is 1. The van der Waals surface area contributed by atoms with Crippen molar-refractivity contribution in [3.63, 3.8) is 0 Å². The van der Waals surface area contributed by atoms with Crippen molar-refractivity contribution >= 4 is 17.7 Å². The highest BCUT2D eigenvalue weighted by molar-refractivity contribution is 5.97. The molecule has 0 saturated heterocycles. The van der Waals surface area contributed by atoms with Gasteiger partial charge in [0.05, 0.1) is 11.7 Å². The number of aliphatic hydroxyl groups is 1. The zero-order valence-electron chi connectivity index (χ0n) is 13.0. The smallest absolute Gasteiger partial charge is 0.254 e. The molecule has 0 aliphatic heterocycles. The number of rotatable bonds is 5. The Morgan fingerprint density at radius 1 is 1.50 bits per heavy atom. The molecule has 7 heteroatoms. The van der Waals surface area contributed by atoms with Crippen molar-refractivity contribution in [1.82, 2.24) is 9.97 Å². The molecular weight excluding hydrogens is 282 g/mol. The Morgan fingerprint density at radius 3 is 2.82 bits per heavy atom. The zero-order chi connectivity index (χ0) is 16.3. The van der Waals surface area contributed by atoms with Crippen LogP contribution in [-0.2, 0) is 0 Å². The molecule has 22 heavy (non-hydrogen) atoms. The number of hydrogen-bond acceptors (Lipinski definition) is 6. The molecule has 1 aliphatic carbocycles. The zero-order valence-corrected chi connectivity index (χ0v) is 13.0. The molecule has 1 saturated carbocycles. The highest BCUT2D eigenvalue weighted by atomic mass is 16.3. The van der Waals surface area contributed by atoms with Crippen molar-refractivity contribution < 1.29 is 9.90 Å². The van der Waals surface area contributed by atoms with Crippen molar-refractivity contribution in [3.05, 3.63) is 24.0 Å². The van der Waals surface area contributed by atoms with Crippen LogP contribution < -0.4 is 16.4 Å². The molecule has 1 aromatic rings. The fourth-order valence-corrected chi connectivity index (χ4v) is 2.55. The normalized spacial score (nSPS) is 24.6. The number of amides is 1. The maximum atomic E-state index is 11.5. The molecule has 1 unspecified atom stereocenters. The first-order chi connectivity index (χ1) is 10.4. The van der Waals surface area contributed by atoms with Crippen LogP contribution in [0.5, 0.6) is 0 Å². The summed E-state index contributed by atoms with van der Waals surface area (Å²) in [5.41, 5.74) is 6.30. The van der Waals surface area contributed by atoms with Crippen LogP contribution in [0.4, 0.5) is 11.8 Å². The summed E-state index contributed by atoms with van der Waals surface area (Å²) in [5.74, 6) is 0.441. The quantitative estimate of drug-likeness (QED) is 0.655. The van der Waals surface area contributed by atoms with Crippen LogP contribution >= 0.6 is 0 Å². The van der Waals surface area contributed by atoms with Gasteiger partial charge in [-0.1, -0.05) is 13.5 Å². The number of carbonyl (C=O) groups is 1. The van der Waals surface area contributed by atoms with Crippen molar-refractivity contribution in [2.45, 2.75) is 45.3 Å². The fourth-order valence-electron chi connectivity index (χ4n) is 2.55. The van der Waals surface area contributed by atoms with Gasteiger partial charge < -0.3 is 21.5 Å². The van der Waals surface area contributed by atoms with E-state index in [0.29, 0.717) is 29.8 Å². The van der Waals surface area contributed by atoms with E-state index < -0.39 is 5.91 Å². The summed E-state index contributed by atoms with van der Waals surface area (Å²) >= 11 is 0. The molecular formula is C15H23N5O2. The molecule has 0 spiro atoms. The average Bonchev–Trinajstić information content (AvgIpc) is 2.42. The molecule has 5 N–H and O–H groups in total. The first kappa shape index (κ1) is 16.2. The van der Waals surface area contributed by atoms with Gasteiger partial charge in [0.1, 0.15) is 5.82 Å². The molecule has 0 bridgehead atoms. The third-order valence-corrected chi connectivity index (χ3v) is 3.87. The maximum absolute atomic E-state index is 11.5. The number of nitrogens with two attached hydrogens (primary N) is 1. The van der Waals surface area contributed by atoms with Crippen LogP contribution in [0.25, 0.3) is 0 Å². The summed E-state index contributed by atoms with van der Waals surface area (Å²) in [6, 6.07) is 0.0527. The minimum atomic E-state index is -0.589. The Morgan fingerprint density at radius 2 is 2.23 bits per heavy atom. The Labute approximate surface area is 130 Å². The number of nitrogens with one attached hydrogen (secondary N) is 2. The van der Waals surface area contributed by atoms with E-state index in [1.807, 2.05) is 6.92 Å². The largest absolute Gasteiger partial charge is 0.393 e. The van der Waals surface area contributed by atoms with Crippen molar-refractivity contribution in [2.75, 3.05) is 10.6 Å². The van der Waals surface area contributed by atoms with Crippen LogP contribution in [0, 0.1) is 5.92 Å². The van der Waals surface area contributed by atoms with Crippen LogP contribution in [0.3, 0.4) is 0 Å². The molecule has 1 aromatic heterocycles. The first-order valence-electron chi connectivity index (χ1n) is 7.40. The van der Waals surface area contributed by atoms with E-state index in [2.05, 4.69) is 27.2 Å². The minimum absolute atomic E-state index is 0.0527. The Hall–Kier alpha value is -2.15. The number of aliphatic hydroxyl groups excluding tert-OH is 1. The van der Waals surface area contributed by atoms with Gasteiger partial charge in [0.25, 0.3) is 5.91 Å². The van der Waals surface area contributed by atoms with Gasteiger partial charge in [0, 0.05) is 17.9 Å². The molecule has 1 amide bonds. The number of allylic oxidation sites excluding steroid dienone is 1. The minimum Gasteiger partial charge on any atom is -0.393 e. The molecule has 0 aromatic carbocycles. The van der Waals surface area contributed by atoms with Gasteiger partial charge in [-0.15, -0.1) is 0 Å². The highest BCUT2D eigenvalue weighted by Gasteiger charge is 2.27. The predicted molar refractivity (Wildman–Crippen MR) is 85.4 cm³/mol. The standard InChI is InChI=1S/C15H23N5O2/c1-8(2)18-15-17-7-11(13(16)22)14(20-15)19-10-5-4-9(3)12(21)6-10/h7,9-10,12,21H,1,4-6H2,2-3H3,(H2,16,22)(H2,17,18,19,20)/t9-,10-,12?/m1/s1. The van der Waals surface area contributed by atoms with Gasteiger partial charge in [0.15, 0.2) is 0 Å². The van der Waals surface area contributed by atoms with Gasteiger partial charge >= 0.3 is 0 Å². The summed E-state index contributed by atoms with van der Waals surface area (Å²) in [4.78, 5) is 19.9. The Balaban J connectivity index is 2.19. The number of hydrogen-bond donors (Lipinski definition) is 4. The highest BCUT2D eigenvalue weighted by Crippen LogP contribution is 2.27. The van der Waals surface area contributed by atoms with Crippen molar-refractivity contribution in [2.24, 2.45) is 11.7 Å². The fraction of sp³-hybridized carbons (Fsp3) is 0.533. The van der Waals surface area contributed by atoms with Gasteiger partial charge in [0.2, 0.25) is 5.95 Å². The van der Waals surface area contributed by atoms with E-state index in [9.17, 15) is 9.90 Å². The summed E-state index contributed by atoms with van der Waals surface area (Å²) in [5, 5.41) is 16.1. The molecule has 1 heterocycles. The van der Waals surface area contributed by atoms with Gasteiger partial charge in [-0.2, -0.15) is 4.98 Å². The van der Waals surface area contributed by atoms with E-state index in [4.69, 9.17) is 5.73 Å². The second-order valence-corrected chi connectivity index (χ2v) is 5.92. The third-order valence-electron chi connectivity index (χ3n) is 3.87. The summed E-state index contributed by atoms with van der Waals surface area (Å²) in [7, 11) is 0. The van der Waals surface area contributed by atoms with Crippen molar-refractivity contribution in [3.8, 4) is 0 Å². The summed E-state index contributed by atoms with van der Waals surface area (Å²) in [6.45, 7) is 7.56. The molecule has 2 rings (SSSR count). The van der Waals surface area contributed by atoms with Crippen LogP contribution in [0.1, 0.15) is 43.5 Å². The monoisotopic (exact) mass is 305 g/mol. The van der Waals surface area contributed by atoms with Crippen LogP contribution in [-0.4, -0.2) is 33.1 Å². The lowest BCUT2D eigenvalue weighted by atomic mass is 9.85. The van der Waals surface area contributed by atoms with E-state index in [1.165, 1.54) is 6.20 Å². The lowest BCUT2D eigenvalue weighted by molar-refractivity contribution is 0.0739. The van der Waals surface area contributed by atoms with Gasteiger partial charge in [-0.05, 0) is 32.1 Å². The van der Waals surface area contributed by atoms with Crippen LogP contribution in [0.15, 0.2) is 18.5 Å². The summed E-state index contributed by atoms with van der Waals surface area (Å²) < 4.78 is 0. The van der Waals surface area contributed by atoms with E-state index >= 15 is 0 Å². The second-order valence-electron chi connectivity index (χ2n) is 5.92. The Bertz CT molecular complexity index is 575. The van der Waals surface area contributed by atoms with Crippen LogP contribution in [0.2, 0.25) is 0 Å². The number of nitrogens with zero attached hydrogens (tertiary/aromatic N) is 2. The topological polar surface area (TPSA) is 113 Å². The number of carbonyl (C=O) groups excluding carboxylic acids is 1. The van der Waals surface area contributed by atoms with E-state index in [0.717, 1.165) is 12.8 Å². The molecule has 3 atom stereocenters. The molecule has 1 aliphatic rings. The van der Waals surface area contributed by atoms with Gasteiger partial charge in [-0.25, -0.2) is 4.98 Å². The molecule has 7 nitrogen and oxygen atoms in total. The SMILES string of the molecule is C=C(C)Nc1ncc(C(N)=O)c(N[C@@H]2CC[C@@H](C)C(O)C2)n1. The second kappa shape index (κ2) is 6.74. The average molecular weight is 305 g/mol. The molecule has 0 radical (unpaired) electrons. The lowest BCUT2D eigenvalue weighted by Crippen LogP contribution is -2.35. The van der Waals surface area contributed by atoms with E-state index in [-0.39, 0.29) is 17.7 Å².